The highest BCUT2D eigenvalue weighted by molar-refractivity contribution is 5.98. The van der Waals surface area contributed by atoms with Gasteiger partial charge >= 0.3 is 6.18 Å². The second-order valence-electron chi connectivity index (χ2n) is 5.19. The molecular weight excluding hydrogens is 288 g/mol. The molecule has 0 aromatic heterocycles. The number of hydrogen-bond acceptors (Lipinski definition) is 3. The predicted molar refractivity (Wildman–Crippen MR) is 69.7 cm³/mol. The van der Waals surface area contributed by atoms with Crippen LogP contribution in [-0.4, -0.2) is 55.4 Å². The molecule has 3 nitrogen and oxygen atoms in total. The predicted octanol–water partition coefficient (Wildman–Crippen LogP) is 2.27. The van der Waals surface area contributed by atoms with Crippen LogP contribution in [0, 0.1) is 5.82 Å². The molecule has 0 bridgehead atoms. The molecule has 1 heterocycles. The summed E-state index contributed by atoms with van der Waals surface area (Å²) in [6, 6.07) is 1.93. The van der Waals surface area contributed by atoms with Crippen LogP contribution in [0.4, 0.5) is 17.6 Å². The number of ketones is 1. The summed E-state index contributed by atoms with van der Waals surface area (Å²) in [7, 11) is 1.95. The molecule has 0 amide bonds. The van der Waals surface area contributed by atoms with E-state index in [9.17, 15) is 22.4 Å². The Morgan fingerprint density at radius 3 is 2.38 bits per heavy atom. The lowest BCUT2D eigenvalue weighted by Gasteiger charge is -2.31. The fraction of sp³-hybridized carbons (Fsp3) is 0.500. The SMILES string of the molecule is CN1CCN(CC(=O)c2cc(C(F)(F)F)ccc2F)CC1. The number of benzene rings is 1. The molecule has 1 aromatic rings. The molecule has 0 radical (unpaired) electrons. The Balaban J connectivity index is 2.11. The van der Waals surface area contributed by atoms with Gasteiger partial charge in [-0.2, -0.15) is 13.2 Å². The van der Waals surface area contributed by atoms with Crippen LogP contribution in [0.25, 0.3) is 0 Å². The summed E-state index contributed by atoms with van der Waals surface area (Å²) in [5.74, 6) is -1.54. The van der Waals surface area contributed by atoms with Gasteiger partial charge < -0.3 is 4.90 Å². The monoisotopic (exact) mass is 304 g/mol. The fourth-order valence-electron chi connectivity index (χ4n) is 2.21. The summed E-state index contributed by atoms with van der Waals surface area (Å²) in [6.07, 6.45) is -4.59. The lowest BCUT2D eigenvalue weighted by molar-refractivity contribution is -0.137. The first kappa shape index (κ1) is 15.9. The number of rotatable bonds is 3. The van der Waals surface area contributed by atoms with E-state index in [0.717, 1.165) is 13.1 Å². The maximum atomic E-state index is 13.6. The normalized spacial score (nSPS) is 18.0. The average molecular weight is 304 g/mol. The minimum atomic E-state index is -4.59. The summed E-state index contributed by atoms with van der Waals surface area (Å²) >= 11 is 0. The van der Waals surface area contributed by atoms with Gasteiger partial charge in [0.15, 0.2) is 5.78 Å². The van der Waals surface area contributed by atoms with E-state index in [1.807, 2.05) is 11.9 Å². The van der Waals surface area contributed by atoms with Gasteiger partial charge in [0.25, 0.3) is 0 Å². The Labute approximate surface area is 120 Å². The van der Waals surface area contributed by atoms with Crippen molar-refractivity contribution in [2.24, 2.45) is 0 Å². The molecule has 2 rings (SSSR count). The van der Waals surface area contributed by atoms with Crippen LogP contribution in [0.15, 0.2) is 18.2 Å². The minimum Gasteiger partial charge on any atom is -0.304 e. The highest BCUT2D eigenvalue weighted by Gasteiger charge is 2.32. The van der Waals surface area contributed by atoms with Crippen LogP contribution < -0.4 is 0 Å². The molecule has 116 valence electrons. The Morgan fingerprint density at radius 1 is 1.19 bits per heavy atom. The van der Waals surface area contributed by atoms with Crippen molar-refractivity contribution in [2.45, 2.75) is 6.18 Å². The molecule has 0 saturated carbocycles. The van der Waals surface area contributed by atoms with E-state index in [4.69, 9.17) is 0 Å². The van der Waals surface area contributed by atoms with E-state index in [1.165, 1.54) is 0 Å². The summed E-state index contributed by atoms with van der Waals surface area (Å²) in [4.78, 5) is 15.9. The maximum absolute atomic E-state index is 13.6. The summed E-state index contributed by atoms with van der Waals surface area (Å²) in [5.41, 5.74) is -1.51. The van der Waals surface area contributed by atoms with Gasteiger partial charge in [-0.05, 0) is 25.2 Å². The van der Waals surface area contributed by atoms with Crippen LogP contribution in [0.3, 0.4) is 0 Å². The molecule has 1 aromatic carbocycles. The van der Waals surface area contributed by atoms with E-state index < -0.39 is 28.9 Å². The van der Waals surface area contributed by atoms with Gasteiger partial charge in [-0.3, -0.25) is 9.69 Å². The molecule has 0 atom stereocenters. The molecule has 1 fully saturated rings. The van der Waals surface area contributed by atoms with Crippen molar-refractivity contribution >= 4 is 5.78 Å². The number of nitrogens with zero attached hydrogens (tertiary/aromatic N) is 2. The van der Waals surface area contributed by atoms with Gasteiger partial charge in [-0.15, -0.1) is 0 Å². The Kier molecular flexibility index (Phi) is 4.63. The third-order valence-electron chi connectivity index (χ3n) is 3.56. The number of carbonyl (C=O) groups is 1. The number of likely N-dealkylation sites (N-methyl/N-ethyl adjacent to an activating group) is 1. The first-order valence-corrected chi connectivity index (χ1v) is 6.58. The van der Waals surface area contributed by atoms with E-state index in [1.54, 1.807) is 0 Å². The van der Waals surface area contributed by atoms with Gasteiger partial charge in [-0.25, -0.2) is 4.39 Å². The van der Waals surface area contributed by atoms with Crippen molar-refractivity contribution in [3.63, 3.8) is 0 Å². The van der Waals surface area contributed by atoms with Crippen molar-refractivity contribution in [1.29, 1.82) is 0 Å². The van der Waals surface area contributed by atoms with Crippen LogP contribution in [0.1, 0.15) is 15.9 Å². The van der Waals surface area contributed by atoms with Crippen molar-refractivity contribution in [2.75, 3.05) is 39.8 Å². The van der Waals surface area contributed by atoms with Crippen molar-refractivity contribution in [1.82, 2.24) is 9.80 Å². The molecule has 0 spiro atoms. The Bertz CT molecular complexity index is 522. The fourth-order valence-corrected chi connectivity index (χ4v) is 2.21. The van der Waals surface area contributed by atoms with Gasteiger partial charge in [0.1, 0.15) is 5.82 Å². The lowest BCUT2D eigenvalue weighted by Crippen LogP contribution is -2.46. The molecule has 0 N–H and O–H groups in total. The first-order chi connectivity index (χ1) is 9.77. The average Bonchev–Trinajstić information content (AvgIpc) is 2.40. The van der Waals surface area contributed by atoms with Crippen molar-refractivity contribution in [3.05, 3.63) is 35.1 Å². The molecule has 21 heavy (non-hydrogen) atoms. The van der Waals surface area contributed by atoms with Crippen LogP contribution >= 0.6 is 0 Å². The van der Waals surface area contributed by atoms with Crippen LogP contribution in [-0.2, 0) is 6.18 Å². The summed E-state index contributed by atoms with van der Waals surface area (Å²) in [5, 5.41) is 0. The zero-order valence-corrected chi connectivity index (χ0v) is 11.6. The second kappa shape index (κ2) is 6.11. The highest BCUT2D eigenvalue weighted by atomic mass is 19.4. The lowest BCUT2D eigenvalue weighted by atomic mass is 10.1. The number of hydrogen-bond donors (Lipinski definition) is 0. The standard InChI is InChI=1S/C14H16F4N2O/c1-19-4-6-20(7-5-19)9-13(21)11-8-10(14(16,17)18)2-3-12(11)15/h2-3,8H,4-7,9H2,1H3. The van der Waals surface area contributed by atoms with Gasteiger partial charge in [-0.1, -0.05) is 0 Å². The molecule has 7 heteroatoms. The highest BCUT2D eigenvalue weighted by Crippen LogP contribution is 2.30. The minimum absolute atomic E-state index is 0.0634. The smallest absolute Gasteiger partial charge is 0.304 e. The first-order valence-electron chi connectivity index (χ1n) is 6.58. The van der Waals surface area contributed by atoms with Crippen molar-refractivity contribution < 1.29 is 22.4 Å². The largest absolute Gasteiger partial charge is 0.416 e. The van der Waals surface area contributed by atoms with E-state index in [-0.39, 0.29) is 6.54 Å². The second-order valence-corrected chi connectivity index (χ2v) is 5.19. The van der Waals surface area contributed by atoms with Gasteiger partial charge in [0.2, 0.25) is 0 Å². The molecule has 1 saturated heterocycles. The molecule has 1 aliphatic heterocycles. The quantitative estimate of drug-likeness (QED) is 0.632. The molecule has 1 aliphatic rings. The number of carbonyl (C=O) groups excluding carboxylic acids is 1. The Hall–Kier alpha value is -1.47. The molecule has 0 aliphatic carbocycles. The topological polar surface area (TPSA) is 23.6 Å². The third-order valence-corrected chi connectivity index (χ3v) is 3.56. The van der Waals surface area contributed by atoms with Crippen LogP contribution in [0.2, 0.25) is 0 Å². The molecule has 0 unspecified atom stereocenters. The number of halogens is 4. The number of Topliss-reactive ketones (excluding diaryl/α,β-unsaturated/α-hetero) is 1. The van der Waals surface area contributed by atoms with E-state index >= 15 is 0 Å². The third kappa shape index (κ3) is 4.01. The van der Waals surface area contributed by atoms with Gasteiger partial charge in [0, 0.05) is 26.2 Å². The number of alkyl halides is 3. The van der Waals surface area contributed by atoms with Crippen molar-refractivity contribution in [3.8, 4) is 0 Å². The maximum Gasteiger partial charge on any atom is 0.416 e. The van der Waals surface area contributed by atoms with E-state index in [2.05, 4.69) is 4.90 Å². The van der Waals surface area contributed by atoms with Crippen LogP contribution in [0.5, 0.6) is 0 Å². The zero-order chi connectivity index (χ0) is 15.6. The summed E-state index contributed by atoms with van der Waals surface area (Å²) < 4.78 is 51.5. The number of piperazine rings is 1. The summed E-state index contributed by atoms with van der Waals surface area (Å²) in [6.45, 7) is 2.77. The van der Waals surface area contributed by atoms with E-state index in [0.29, 0.717) is 31.3 Å². The molecular formula is C14H16F4N2O. The zero-order valence-electron chi connectivity index (χ0n) is 11.6. The van der Waals surface area contributed by atoms with Gasteiger partial charge in [0.05, 0.1) is 17.7 Å². The Morgan fingerprint density at radius 2 is 1.81 bits per heavy atom.